The van der Waals surface area contributed by atoms with Crippen molar-refractivity contribution in [2.45, 2.75) is 79.4 Å². The van der Waals surface area contributed by atoms with E-state index in [0.29, 0.717) is 25.8 Å². The van der Waals surface area contributed by atoms with Crippen molar-refractivity contribution in [3.05, 3.63) is 23.3 Å². The summed E-state index contributed by atoms with van der Waals surface area (Å²) >= 11 is 0. The van der Waals surface area contributed by atoms with E-state index < -0.39 is 34.7 Å². The number of allylic oxidation sites excluding steroid dienone is 2. The van der Waals surface area contributed by atoms with Gasteiger partial charge < -0.3 is 19.5 Å². The van der Waals surface area contributed by atoms with E-state index in [0.717, 1.165) is 11.1 Å². The lowest BCUT2D eigenvalue weighted by molar-refractivity contribution is -0.180. The van der Waals surface area contributed by atoms with E-state index in [1.54, 1.807) is 14.0 Å². The summed E-state index contributed by atoms with van der Waals surface area (Å²) in [5.41, 5.74) is 0.788. The molecule has 3 aliphatic carbocycles. The largest absolute Gasteiger partial charge is 0.462 e. The van der Waals surface area contributed by atoms with E-state index in [4.69, 9.17) is 9.47 Å². The van der Waals surface area contributed by atoms with Gasteiger partial charge in [0, 0.05) is 43.7 Å². The summed E-state index contributed by atoms with van der Waals surface area (Å²) in [6.07, 6.45) is 4.09. The van der Waals surface area contributed by atoms with Crippen molar-refractivity contribution in [3.63, 3.8) is 0 Å². The van der Waals surface area contributed by atoms with E-state index in [1.807, 2.05) is 20.8 Å². The average Bonchev–Trinajstić information content (AvgIpc) is 2.80. The van der Waals surface area contributed by atoms with Crippen molar-refractivity contribution >= 4 is 23.6 Å². The maximum absolute atomic E-state index is 13.7. The lowest BCUT2D eigenvalue weighted by atomic mass is 9.44. The minimum atomic E-state index is -1.20. The molecule has 8 heteroatoms. The van der Waals surface area contributed by atoms with Crippen molar-refractivity contribution in [2.75, 3.05) is 20.2 Å². The number of rotatable bonds is 6. The van der Waals surface area contributed by atoms with Gasteiger partial charge in [0.1, 0.15) is 18.8 Å². The molecule has 0 aromatic heterocycles. The first-order valence-corrected chi connectivity index (χ1v) is 13.0. The predicted octanol–water partition coefficient (Wildman–Crippen LogP) is 3.22. The number of aliphatic hydroxyl groups is 1. The monoisotopic (exact) mass is 503 g/mol. The molecule has 0 aromatic carbocycles. The Labute approximate surface area is 214 Å². The molecule has 200 valence electrons. The first-order chi connectivity index (χ1) is 16.7. The molecule has 2 saturated carbocycles. The van der Waals surface area contributed by atoms with Crippen LogP contribution >= 0.6 is 0 Å². The second-order valence-electron chi connectivity index (χ2n) is 11.4. The van der Waals surface area contributed by atoms with Crippen LogP contribution in [0.4, 0.5) is 0 Å². The third-order valence-corrected chi connectivity index (χ3v) is 8.83. The maximum atomic E-state index is 13.7. The molecule has 6 atom stereocenters. The zero-order valence-corrected chi connectivity index (χ0v) is 22.6. The summed E-state index contributed by atoms with van der Waals surface area (Å²) in [4.78, 5) is 51.0. The Bertz CT molecular complexity index is 980. The molecule has 0 radical (unpaired) electrons. The van der Waals surface area contributed by atoms with Crippen LogP contribution in [-0.4, -0.2) is 66.0 Å². The van der Waals surface area contributed by atoms with Gasteiger partial charge in [0.15, 0.2) is 5.78 Å². The van der Waals surface area contributed by atoms with Gasteiger partial charge in [-0.1, -0.05) is 51.8 Å². The van der Waals surface area contributed by atoms with Crippen LogP contribution in [-0.2, 0) is 28.7 Å². The van der Waals surface area contributed by atoms with Crippen molar-refractivity contribution in [1.29, 1.82) is 0 Å². The van der Waals surface area contributed by atoms with E-state index in [1.165, 1.54) is 17.9 Å². The minimum absolute atomic E-state index is 0.0946. The van der Waals surface area contributed by atoms with E-state index in [-0.39, 0.29) is 42.7 Å². The fourth-order valence-electron chi connectivity index (χ4n) is 6.68. The van der Waals surface area contributed by atoms with Crippen molar-refractivity contribution in [1.82, 2.24) is 4.90 Å². The van der Waals surface area contributed by atoms with Gasteiger partial charge in [0.2, 0.25) is 5.91 Å². The molecule has 0 saturated heterocycles. The first kappa shape index (κ1) is 28.1. The lowest BCUT2D eigenvalue weighted by Crippen LogP contribution is -2.63. The van der Waals surface area contributed by atoms with Gasteiger partial charge in [-0.3, -0.25) is 14.4 Å². The number of hydrogen-bond acceptors (Lipinski definition) is 7. The third-order valence-electron chi connectivity index (χ3n) is 8.83. The Kier molecular flexibility index (Phi) is 8.18. The number of aliphatic hydroxyl groups excluding tert-OH is 1. The Hall–Kier alpha value is -2.48. The highest BCUT2D eigenvalue weighted by atomic mass is 16.5. The number of hydrogen-bond donors (Lipinski definition) is 1. The van der Waals surface area contributed by atoms with Crippen LogP contribution in [0, 0.1) is 28.6 Å². The van der Waals surface area contributed by atoms with E-state index in [2.05, 4.69) is 13.0 Å². The highest BCUT2D eigenvalue weighted by molar-refractivity contribution is 5.90. The van der Waals surface area contributed by atoms with Gasteiger partial charge >= 0.3 is 11.9 Å². The van der Waals surface area contributed by atoms with Crippen molar-refractivity contribution in [3.8, 4) is 0 Å². The number of Topliss-reactive ketones (excluding diaryl/α,β-unsaturated/α-hetero) is 1. The SMILES string of the molecule is CCC(=O)O[C@@H]1CC[C@]2(C)C3=CC/C(=C\C(=O)OCCN(C)C(C)=O)[C@@H](C)[C@H]3[C@H](O)C(=O)[C@@H]2C1(C)C. The number of carbonyl (C=O) groups excluding carboxylic acids is 4. The molecule has 36 heavy (non-hydrogen) atoms. The van der Waals surface area contributed by atoms with Crippen LogP contribution in [0.5, 0.6) is 0 Å². The molecule has 0 bridgehead atoms. The number of nitrogens with zero attached hydrogens (tertiary/aromatic N) is 1. The molecule has 3 rings (SSSR count). The molecule has 1 amide bonds. The number of fused-ring (bicyclic) bond motifs is 3. The topological polar surface area (TPSA) is 110 Å². The predicted molar refractivity (Wildman–Crippen MR) is 134 cm³/mol. The van der Waals surface area contributed by atoms with Crippen LogP contribution < -0.4 is 0 Å². The molecular formula is C28H41NO7. The zero-order valence-electron chi connectivity index (χ0n) is 22.6. The fraction of sp³-hybridized carbons (Fsp3) is 0.714. The Morgan fingerprint density at radius 3 is 2.53 bits per heavy atom. The molecule has 3 aliphatic rings. The smallest absolute Gasteiger partial charge is 0.330 e. The van der Waals surface area contributed by atoms with Gasteiger partial charge in [-0.2, -0.15) is 0 Å². The van der Waals surface area contributed by atoms with Crippen LogP contribution in [0.1, 0.15) is 67.2 Å². The Morgan fingerprint density at radius 1 is 1.25 bits per heavy atom. The molecule has 0 spiro atoms. The van der Waals surface area contributed by atoms with Gasteiger partial charge in [-0.15, -0.1) is 0 Å². The number of amides is 1. The Morgan fingerprint density at radius 2 is 1.92 bits per heavy atom. The number of likely N-dealkylation sites (N-methyl/N-ethyl adjacent to an activating group) is 1. The molecule has 0 aliphatic heterocycles. The lowest BCUT2D eigenvalue weighted by Gasteiger charge is -2.60. The Balaban J connectivity index is 1.84. The average molecular weight is 504 g/mol. The summed E-state index contributed by atoms with van der Waals surface area (Å²) in [6.45, 7) is 11.6. The van der Waals surface area contributed by atoms with Gasteiger partial charge in [-0.25, -0.2) is 4.79 Å². The van der Waals surface area contributed by atoms with Crippen LogP contribution in [0.15, 0.2) is 23.3 Å². The molecule has 0 unspecified atom stereocenters. The molecule has 1 N–H and O–H groups in total. The molecule has 0 heterocycles. The molecule has 0 aromatic rings. The summed E-state index contributed by atoms with van der Waals surface area (Å²) in [5, 5.41) is 11.3. The van der Waals surface area contributed by atoms with Crippen LogP contribution in [0.25, 0.3) is 0 Å². The maximum Gasteiger partial charge on any atom is 0.330 e. The highest BCUT2D eigenvalue weighted by Gasteiger charge is 2.63. The summed E-state index contributed by atoms with van der Waals surface area (Å²) in [5.74, 6) is -2.21. The van der Waals surface area contributed by atoms with Crippen LogP contribution in [0.2, 0.25) is 0 Å². The molecule has 2 fully saturated rings. The number of ether oxygens (including phenoxy) is 2. The number of esters is 2. The number of ketones is 1. The van der Waals surface area contributed by atoms with Gasteiger partial charge in [0.25, 0.3) is 0 Å². The summed E-state index contributed by atoms with van der Waals surface area (Å²) in [6, 6.07) is 0. The van der Waals surface area contributed by atoms with E-state index >= 15 is 0 Å². The van der Waals surface area contributed by atoms with Crippen LogP contribution in [0.3, 0.4) is 0 Å². The molecule has 8 nitrogen and oxygen atoms in total. The van der Waals surface area contributed by atoms with E-state index in [9.17, 15) is 24.3 Å². The quantitative estimate of drug-likeness (QED) is 0.337. The van der Waals surface area contributed by atoms with Gasteiger partial charge in [0.05, 0.1) is 6.54 Å². The van der Waals surface area contributed by atoms with Gasteiger partial charge in [-0.05, 0) is 30.6 Å². The minimum Gasteiger partial charge on any atom is -0.462 e. The highest BCUT2D eigenvalue weighted by Crippen LogP contribution is 2.62. The molecular weight excluding hydrogens is 462 g/mol. The summed E-state index contributed by atoms with van der Waals surface area (Å²) < 4.78 is 11.0. The normalized spacial score (nSPS) is 34.2. The first-order valence-electron chi connectivity index (χ1n) is 13.0. The number of carbonyl (C=O) groups is 4. The second-order valence-corrected chi connectivity index (χ2v) is 11.4. The fourth-order valence-corrected chi connectivity index (χ4v) is 6.68. The third kappa shape index (κ3) is 5.01. The second kappa shape index (κ2) is 10.5. The standard InChI is InChI=1S/C28H41NO7/c1-8-21(31)36-20-11-12-28(6)19-10-9-18(15-22(32)35-14-13-29(7)17(3)30)16(2)23(19)24(33)25(34)26(28)27(20,4)5/h10,15-16,20,23-24,26,33H,8-9,11-14H2,1-7H3/b18-15+/t16-,20-,23-,24+,26-,28-/m1/s1. The summed E-state index contributed by atoms with van der Waals surface area (Å²) in [7, 11) is 1.64. The zero-order chi connectivity index (χ0) is 27.0. The van der Waals surface area contributed by atoms with Crippen molar-refractivity contribution in [2.24, 2.45) is 28.6 Å². The van der Waals surface area contributed by atoms with Crippen molar-refractivity contribution < 1.29 is 33.8 Å².